The molecular formula is C17H19N3O5. The average Bonchev–Trinajstić information content (AvgIpc) is 2.78. The van der Waals surface area contributed by atoms with Crippen LogP contribution in [0.4, 0.5) is 4.79 Å². The van der Waals surface area contributed by atoms with Gasteiger partial charge >= 0.3 is 17.8 Å². The Kier molecular flexibility index (Phi) is 4.70. The van der Waals surface area contributed by atoms with Crippen molar-refractivity contribution in [3.8, 4) is 6.07 Å². The number of nitriles is 1. The maximum Gasteiger partial charge on any atom is 0.420 e. The molecular weight excluding hydrogens is 326 g/mol. The van der Waals surface area contributed by atoms with Crippen LogP contribution in [0.2, 0.25) is 0 Å². The molecule has 0 spiro atoms. The molecule has 1 aromatic heterocycles. The monoisotopic (exact) mass is 345 g/mol. The molecule has 0 saturated carbocycles. The Labute approximate surface area is 143 Å². The van der Waals surface area contributed by atoms with Crippen LogP contribution in [0.5, 0.6) is 0 Å². The molecule has 0 aliphatic carbocycles. The molecule has 1 heterocycles. The predicted molar refractivity (Wildman–Crippen MR) is 89.5 cm³/mol. The van der Waals surface area contributed by atoms with Crippen LogP contribution < -0.4 is 5.69 Å². The van der Waals surface area contributed by atoms with Gasteiger partial charge in [-0.05, 0) is 45.4 Å². The molecule has 0 aliphatic heterocycles. The van der Waals surface area contributed by atoms with E-state index in [1.165, 1.54) is 18.2 Å². The van der Waals surface area contributed by atoms with Gasteiger partial charge in [-0.15, -0.1) is 0 Å². The number of rotatable bonds is 3. The molecule has 8 heteroatoms. The zero-order valence-electron chi connectivity index (χ0n) is 14.4. The molecule has 0 aliphatic rings. The standard InChI is InChI=1S/C17H19N3O5/c1-5-11(14(21)25-17(2,3)4)19-13-8-10(9-18)6-7-12(13)20(15(19)22)16(23)24/h6-8,11H,5H2,1-4H3,(H,23,24). The summed E-state index contributed by atoms with van der Waals surface area (Å²) in [6.45, 7) is 6.80. The van der Waals surface area contributed by atoms with Gasteiger partial charge in [0.15, 0.2) is 0 Å². The lowest BCUT2D eigenvalue weighted by Gasteiger charge is -2.24. The van der Waals surface area contributed by atoms with Crippen molar-refractivity contribution in [1.82, 2.24) is 9.13 Å². The van der Waals surface area contributed by atoms with E-state index in [0.717, 1.165) is 4.57 Å². The summed E-state index contributed by atoms with van der Waals surface area (Å²) in [6.07, 6.45) is -1.23. The van der Waals surface area contributed by atoms with Crippen LogP contribution >= 0.6 is 0 Å². The third-order valence-electron chi connectivity index (χ3n) is 3.57. The fourth-order valence-corrected chi connectivity index (χ4v) is 2.60. The van der Waals surface area contributed by atoms with E-state index < -0.39 is 29.4 Å². The van der Waals surface area contributed by atoms with Crippen molar-refractivity contribution in [2.24, 2.45) is 0 Å². The van der Waals surface area contributed by atoms with Crippen LogP contribution in [0.3, 0.4) is 0 Å². The third-order valence-corrected chi connectivity index (χ3v) is 3.57. The van der Waals surface area contributed by atoms with E-state index in [1.54, 1.807) is 27.7 Å². The molecule has 1 aromatic carbocycles. The van der Waals surface area contributed by atoms with E-state index in [-0.39, 0.29) is 23.0 Å². The van der Waals surface area contributed by atoms with Crippen LogP contribution in [0.25, 0.3) is 11.0 Å². The van der Waals surface area contributed by atoms with Crippen LogP contribution in [0.15, 0.2) is 23.0 Å². The number of nitrogens with zero attached hydrogens (tertiary/aromatic N) is 3. The van der Waals surface area contributed by atoms with E-state index in [4.69, 9.17) is 10.00 Å². The summed E-state index contributed by atoms with van der Waals surface area (Å²) < 4.78 is 7.00. The number of carboxylic acid groups (broad SMARTS) is 1. The van der Waals surface area contributed by atoms with Gasteiger partial charge in [0, 0.05) is 0 Å². The molecule has 2 aromatic rings. The van der Waals surface area contributed by atoms with Crippen LogP contribution in [-0.2, 0) is 9.53 Å². The minimum atomic E-state index is -1.46. The average molecular weight is 345 g/mol. The molecule has 0 fully saturated rings. The minimum Gasteiger partial charge on any atom is -0.464 e. The first kappa shape index (κ1) is 18.3. The molecule has 0 radical (unpaired) electrons. The molecule has 132 valence electrons. The van der Waals surface area contributed by atoms with E-state index in [1.807, 2.05) is 6.07 Å². The highest BCUT2D eigenvalue weighted by Crippen LogP contribution is 2.23. The smallest absolute Gasteiger partial charge is 0.420 e. The number of benzene rings is 1. The fraction of sp³-hybridized carbons (Fsp3) is 0.412. The Bertz CT molecular complexity index is 940. The number of hydrogen-bond acceptors (Lipinski definition) is 5. The van der Waals surface area contributed by atoms with E-state index in [0.29, 0.717) is 4.57 Å². The predicted octanol–water partition coefficient (Wildman–Crippen LogP) is 2.49. The lowest BCUT2D eigenvalue weighted by Crippen LogP contribution is -2.36. The number of esters is 1. The molecule has 1 N–H and O–H groups in total. The van der Waals surface area contributed by atoms with Gasteiger partial charge in [0.05, 0.1) is 22.7 Å². The Morgan fingerprint density at radius 2 is 1.96 bits per heavy atom. The molecule has 1 unspecified atom stereocenters. The van der Waals surface area contributed by atoms with Gasteiger partial charge in [-0.25, -0.2) is 14.4 Å². The van der Waals surface area contributed by atoms with Crippen LogP contribution in [0.1, 0.15) is 45.7 Å². The Morgan fingerprint density at radius 3 is 2.44 bits per heavy atom. The van der Waals surface area contributed by atoms with E-state index >= 15 is 0 Å². The minimum absolute atomic E-state index is 0.110. The number of fused-ring (bicyclic) bond motifs is 1. The largest absolute Gasteiger partial charge is 0.464 e. The van der Waals surface area contributed by atoms with Gasteiger partial charge in [-0.1, -0.05) is 6.92 Å². The first-order valence-electron chi connectivity index (χ1n) is 7.74. The number of aromatic nitrogens is 2. The summed E-state index contributed by atoms with van der Waals surface area (Å²) >= 11 is 0. The zero-order valence-corrected chi connectivity index (χ0v) is 14.4. The maximum absolute atomic E-state index is 12.7. The third kappa shape index (κ3) is 3.40. The molecule has 1 atom stereocenters. The first-order valence-corrected chi connectivity index (χ1v) is 7.74. The second kappa shape index (κ2) is 6.43. The highest BCUT2D eigenvalue weighted by Gasteiger charge is 2.30. The van der Waals surface area contributed by atoms with Crippen molar-refractivity contribution in [2.45, 2.75) is 45.8 Å². The lowest BCUT2D eigenvalue weighted by atomic mass is 10.1. The number of carbonyl (C=O) groups is 2. The Balaban J connectivity index is 2.76. The number of carbonyl (C=O) groups excluding carboxylic acids is 1. The molecule has 25 heavy (non-hydrogen) atoms. The second-order valence-electron chi connectivity index (χ2n) is 6.54. The second-order valence-corrected chi connectivity index (χ2v) is 6.54. The summed E-state index contributed by atoms with van der Waals surface area (Å²) in [4.78, 5) is 36.7. The molecule has 0 bridgehead atoms. The van der Waals surface area contributed by atoms with E-state index in [2.05, 4.69) is 0 Å². The summed E-state index contributed by atoms with van der Waals surface area (Å²) in [7, 11) is 0. The summed E-state index contributed by atoms with van der Waals surface area (Å²) in [5.74, 6) is -0.635. The van der Waals surface area contributed by atoms with Crippen molar-refractivity contribution < 1.29 is 19.4 Å². The normalized spacial score (nSPS) is 12.6. The number of hydrogen-bond donors (Lipinski definition) is 1. The SMILES string of the molecule is CCC(C(=O)OC(C)(C)C)n1c(=O)n(C(=O)O)c2ccc(C#N)cc21. The van der Waals surface area contributed by atoms with Gasteiger partial charge in [0.1, 0.15) is 11.6 Å². The van der Waals surface area contributed by atoms with Crippen molar-refractivity contribution in [2.75, 3.05) is 0 Å². The molecule has 2 rings (SSSR count). The highest BCUT2D eigenvalue weighted by molar-refractivity contribution is 5.88. The summed E-state index contributed by atoms with van der Waals surface area (Å²) in [5.41, 5.74) is -1.06. The molecule has 8 nitrogen and oxygen atoms in total. The Hall–Kier alpha value is -3.08. The number of ether oxygens (including phenoxy) is 1. The highest BCUT2D eigenvalue weighted by atomic mass is 16.6. The maximum atomic E-state index is 12.7. The number of imidazole rings is 1. The zero-order chi connectivity index (χ0) is 18.9. The van der Waals surface area contributed by atoms with Gasteiger partial charge in [0.25, 0.3) is 0 Å². The van der Waals surface area contributed by atoms with Crippen molar-refractivity contribution in [3.63, 3.8) is 0 Å². The van der Waals surface area contributed by atoms with Gasteiger partial charge in [-0.3, -0.25) is 4.57 Å². The van der Waals surface area contributed by atoms with Gasteiger partial charge in [-0.2, -0.15) is 9.83 Å². The topological polar surface area (TPSA) is 114 Å². The fourth-order valence-electron chi connectivity index (χ4n) is 2.60. The van der Waals surface area contributed by atoms with Crippen LogP contribution in [0, 0.1) is 11.3 Å². The summed E-state index contributed by atoms with van der Waals surface area (Å²) in [5, 5.41) is 18.4. The van der Waals surface area contributed by atoms with Crippen molar-refractivity contribution in [3.05, 3.63) is 34.2 Å². The first-order chi connectivity index (χ1) is 11.6. The van der Waals surface area contributed by atoms with Crippen molar-refractivity contribution >= 4 is 23.1 Å². The summed E-state index contributed by atoms with van der Waals surface area (Å²) in [6, 6.07) is 5.13. The van der Waals surface area contributed by atoms with E-state index in [9.17, 15) is 19.5 Å². The van der Waals surface area contributed by atoms with Gasteiger partial charge in [0.2, 0.25) is 0 Å². The lowest BCUT2D eigenvalue weighted by molar-refractivity contribution is -0.159. The van der Waals surface area contributed by atoms with Gasteiger partial charge < -0.3 is 9.84 Å². The van der Waals surface area contributed by atoms with Crippen molar-refractivity contribution in [1.29, 1.82) is 5.26 Å². The molecule has 0 saturated heterocycles. The van der Waals surface area contributed by atoms with Crippen LogP contribution in [-0.4, -0.2) is 31.9 Å². The molecule has 0 amide bonds. The Morgan fingerprint density at radius 1 is 1.32 bits per heavy atom. The quantitative estimate of drug-likeness (QED) is 0.855.